The number of aromatic nitrogens is 1. The maximum Gasteiger partial charge on any atom is 0.0450 e. The molecule has 1 aromatic heterocycles. The van der Waals surface area contributed by atoms with Gasteiger partial charge in [0.25, 0.3) is 0 Å². The highest BCUT2D eigenvalue weighted by Gasteiger charge is 2.52. The summed E-state index contributed by atoms with van der Waals surface area (Å²) in [5.74, 6) is 3.07. The van der Waals surface area contributed by atoms with Gasteiger partial charge in [0, 0.05) is 23.5 Å². The van der Waals surface area contributed by atoms with Crippen molar-refractivity contribution in [3.8, 4) is 0 Å². The van der Waals surface area contributed by atoms with Crippen LogP contribution in [0.4, 0.5) is 0 Å². The van der Waals surface area contributed by atoms with Crippen molar-refractivity contribution in [2.45, 2.75) is 69.4 Å². The SMILES string of the molecule is NC1CCCc2c1ccn2C12CC3CC(CC(C3)C1)C2. The Morgan fingerprint density at radius 3 is 2.35 bits per heavy atom. The molecule has 1 unspecified atom stereocenters. The van der Waals surface area contributed by atoms with Crippen molar-refractivity contribution in [1.82, 2.24) is 4.57 Å². The molecule has 4 fully saturated rings. The van der Waals surface area contributed by atoms with Crippen LogP contribution < -0.4 is 5.73 Å². The molecule has 1 atom stereocenters. The van der Waals surface area contributed by atoms with Gasteiger partial charge in [0.15, 0.2) is 0 Å². The molecule has 0 aliphatic heterocycles. The van der Waals surface area contributed by atoms with Crippen LogP contribution in [0.1, 0.15) is 68.7 Å². The lowest BCUT2D eigenvalue weighted by atomic mass is 9.53. The van der Waals surface area contributed by atoms with Gasteiger partial charge in [0.05, 0.1) is 0 Å². The molecule has 2 heteroatoms. The standard InChI is InChI=1S/C18H26N2/c19-16-2-1-3-17-15(16)4-5-20(17)18-9-12-6-13(10-18)8-14(7-12)11-18/h4-5,12-14,16H,1-3,6-11,19H2. The second-order valence-corrected chi connectivity index (χ2v) is 8.23. The third kappa shape index (κ3) is 1.49. The first kappa shape index (κ1) is 11.9. The maximum absolute atomic E-state index is 6.34. The normalized spacial score (nSPS) is 45.6. The van der Waals surface area contributed by atoms with Crippen molar-refractivity contribution in [1.29, 1.82) is 0 Å². The summed E-state index contributed by atoms with van der Waals surface area (Å²) in [5.41, 5.74) is 9.89. The molecule has 6 rings (SSSR count). The quantitative estimate of drug-likeness (QED) is 0.828. The van der Waals surface area contributed by atoms with Gasteiger partial charge in [-0.25, -0.2) is 0 Å². The minimum Gasteiger partial charge on any atom is -0.345 e. The largest absolute Gasteiger partial charge is 0.345 e. The molecule has 5 aliphatic carbocycles. The van der Waals surface area contributed by atoms with Gasteiger partial charge in [-0.15, -0.1) is 0 Å². The van der Waals surface area contributed by atoms with Gasteiger partial charge in [-0.1, -0.05) is 0 Å². The fourth-order valence-electron chi connectivity index (χ4n) is 6.53. The maximum atomic E-state index is 6.34. The first-order chi connectivity index (χ1) is 9.73. The van der Waals surface area contributed by atoms with Crippen molar-refractivity contribution in [2.75, 3.05) is 0 Å². The highest BCUT2D eigenvalue weighted by Crippen LogP contribution is 2.59. The topological polar surface area (TPSA) is 30.9 Å². The molecule has 1 aromatic rings. The molecular formula is C18H26N2. The molecule has 5 aliphatic rings. The van der Waals surface area contributed by atoms with Gasteiger partial charge in [0.1, 0.15) is 0 Å². The molecule has 0 saturated heterocycles. The average Bonchev–Trinajstić information content (AvgIpc) is 2.83. The summed E-state index contributed by atoms with van der Waals surface area (Å²) in [6, 6.07) is 2.64. The number of hydrogen-bond donors (Lipinski definition) is 1. The first-order valence-corrected chi connectivity index (χ1v) is 8.70. The second-order valence-electron chi connectivity index (χ2n) is 8.23. The smallest absolute Gasteiger partial charge is 0.0450 e. The number of hydrogen-bond acceptors (Lipinski definition) is 1. The van der Waals surface area contributed by atoms with E-state index in [1.165, 1.54) is 63.4 Å². The molecule has 2 nitrogen and oxygen atoms in total. The van der Waals surface area contributed by atoms with Crippen molar-refractivity contribution in [2.24, 2.45) is 23.5 Å². The number of rotatable bonds is 1. The summed E-state index contributed by atoms with van der Waals surface area (Å²) in [7, 11) is 0. The summed E-state index contributed by atoms with van der Waals surface area (Å²) in [5, 5.41) is 0. The van der Waals surface area contributed by atoms with Crippen LogP contribution in [0.15, 0.2) is 12.3 Å². The van der Waals surface area contributed by atoms with Crippen LogP contribution in [0, 0.1) is 17.8 Å². The minimum absolute atomic E-state index is 0.300. The summed E-state index contributed by atoms with van der Waals surface area (Å²) in [6.07, 6.45) is 15.1. The Morgan fingerprint density at radius 1 is 1.05 bits per heavy atom. The lowest BCUT2D eigenvalue weighted by molar-refractivity contribution is -0.0443. The summed E-state index contributed by atoms with van der Waals surface area (Å²) in [6.45, 7) is 0. The number of nitrogens with zero attached hydrogens (tertiary/aromatic N) is 1. The Balaban J connectivity index is 1.60. The zero-order valence-electron chi connectivity index (χ0n) is 12.4. The van der Waals surface area contributed by atoms with Crippen LogP contribution >= 0.6 is 0 Å². The van der Waals surface area contributed by atoms with Crippen molar-refractivity contribution < 1.29 is 0 Å². The molecule has 4 saturated carbocycles. The van der Waals surface area contributed by atoms with E-state index in [4.69, 9.17) is 5.73 Å². The van der Waals surface area contributed by atoms with E-state index in [-0.39, 0.29) is 0 Å². The molecule has 0 radical (unpaired) electrons. The second kappa shape index (κ2) is 3.91. The van der Waals surface area contributed by atoms with Crippen LogP contribution in [0.5, 0.6) is 0 Å². The minimum atomic E-state index is 0.300. The average molecular weight is 270 g/mol. The Hall–Kier alpha value is -0.760. The molecule has 4 bridgehead atoms. The monoisotopic (exact) mass is 270 g/mol. The third-order valence-electron chi connectivity index (χ3n) is 6.87. The zero-order chi connectivity index (χ0) is 13.3. The van der Waals surface area contributed by atoms with Gasteiger partial charge in [-0.05, 0) is 87.2 Å². The van der Waals surface area contributed by atoms with E-state index < -0.39 is 0 Å². The van der Waals surface area contributed by atoms with E-state index >= 15 is 0 Å². The van der Waals surface area contributed by atoms with Gasteiger partial charge >= 0.3 is 0 Å². The zero-order valence-corrected chi connectivity index (χ0v) is 12.4. The summed E-state index contributed by atoms with van der Waals surface area (Å²) in [4.78, 5) is 0. The Kier molecular flexibility index (Phi) is 2.32. The van der Waals surface area contributed by atoms with Crippen molar-refractivity contribution in [3.63, 3.8) is 0 Å². The van der Waals surface area contributed by atoms with Crippen LogP contribution in [-0.4, -0.2) is 4.57 Å². The van der Waals surface area contributed by atoms with E-state index in [0.717, 1.165) is 17.8 Å². The predicted octanol–water partition coefficient (Wildman–Crippen LogP) is 3.75. The van der Waals surface area contributed by atoms with Crippen molar-refractivity contribution >= 4 is 0 Å². The van der Waals surface area contributed by atoms with Crippen LogP contribution in [0.25, 0.3) is 0 Å². The van der Waals surface area contributed by atoms with Crippen molar-refractivity contribution in [3.05, 3.63) is 23.5 Å². The first-order valence-electron chi connectivity index (χ1n) is 8.70. The molecule has 108 valence electrons. The van der Waals surface area contributed by atoms with Gasteiger partial charge in [-0.2, -0.15) is 0 Å². The highest BCUT2D eigenvalue weighted by molar-refractivity contribution is 5.30. The number of nitrogens with two attached hydrogens (primary N) is 1. The molecule has 0 amide bonds. The highest BCUT2D eigenvalue weighted by atomic mass is 15.1. The van der Waals surface area contributed by atoms with Gasteiger partial charge in [-0.3, -0.25) is 0 Å². The van der Waals surface area contributed by atoms with E-state index in [0.29, 0.717) is 11.6 Å². The molecular weight excluding hydrogens is 244 g/mol. The van der Waals surface area contributed by atoms with Crippen LogP contribution in [0.3, 0.4) is 0 Å². The third-order valence-corrected chi connectivity index (χ3v) is 6.87. The molecule has 2 N–H and O–H groups in total. The van der Waals surface area contributed by atoms with E-state index in [1.54, 1.807) is 5.69 Å². The predicted molar refractivity (Wildman–Crippen MR) is 80.4 cm³/mol. The Labute approximate surface area is 121 Å². The lowest BCUT2D eigenvalue weighted by Crippen LogP contribution is -2.52. The fraction of sp³-hybridized carbons (Fsp3) is 0.778. The van der Waals surface area contributed by atoms with Crippen LogP contribution in [-0.2, 0) is 12.0 Å². The molecule has 0 aromatic carbocycles. The number of fused-ring (bicyclic) bond motifs is 1. The van der Waals surface area contributed by atoms with E-state index in [1.807, 2.05) is 0 Å². The molecule has 0 spiro atoms. The molecule has 20 heavy (non-hydrogen) atoms. The van der Waals surface area contributed by atoms with E-state index in [9.17, 15) is 0 Å². The fourth-order valence-corrected chi connectivity index (χ4v) is 6.53. The van der Waals surface area contributed by atoms with Gasteiger partial charge < -0.3 is 10.3 Å². The van der Waals surface area contributed by atoms with Gasteiger partial charge in [0.2, 0.25) is 0 Å². The van der Waals surface area contributed by atoms with Crippen LogP contribution in [0.2, 0.25) is 0 Å². The Bertz CT molecular complexity index is 506. The lowest BCUT2D eigenvalue weighted by Gasteiger charge is -2.58. The Morgan fingerprint density at radius 2 is 1.70 bits per heavy atom. The van der Waals surface area contributed by atoms with E-state index in [2.05, 4.69) is 16.8 Å². The summed E-state index contributed by atoms with van der Waals surface area (Å²) < 4.78 is 2.73. The summed E-state index contributed by atoms with van der Waals surface area (Å²) >= 11 is 0. The molecule has 1 heterocycles.